The summed E-state index contributed by atoms with van der Waals surface area (Å²) in [6.07, 6.45) is 3.42. The van der Waals surface area contributed by atoms with Gasteiger partial charge in [0.05, 0.1) is 0 Å². The van der Waals surface area contributed by atoms with Crippen LogP contribution in [0.4, 0.5) is 15.3 Å². The minimum atomic E-state index is -0.0936. The summed E-state index contributed by atoms with van der Waals surface area (Å²) in [6.45, 7) is 6.13. The van der Waals surface area contributed by atoms with Crippen molar-refractivity contribution in [3.8, 4) is 0 Å². The van der Waals surface area contributed by atoms with E-state index in [9.17, 15) is 9.59 Å². The molecule has 0 bridgehead atoms. The third-order valence-corrected chi connectivity index (χ3v) is 4.77. The number of nitrogens with one attached hydrogen (secondary N) is 1. The Kier molecular flexibility index (Phi) is 5.23. The van der Waals surface area contributed by atoms with Gasteiger partial charge in [-0.2, -0.15) is 0 Å². The first kappa shape index (κ1) is 16.6. The number of carbonyl (C=O) groups is 2. The van der Waals surface area contributed by atoms with Gasteiger partial charge in [0.1, 0.15) is 0 Å². The number of nitrogens with zero attached hydrogens (tertiary/aromatic N) is 3. The fourth-order valence-electron chi connectivity index (χ4n) is 3.23. The number of urea groups is 2. The fourth-order valence-corrected chi connectivity index (χ4v) is 3.23. The highest BCUT2D eigenvalue weighted by molar-refractivity contribution is 5.89. The normalized spacial score (nSPS) is 18.5. The first-order valence-electron chi connectivity index (χ1n) is 8.80. The Morgan fingerprint density at radius 3 is 1.96 bits per heavy atom. The Labute approximate surface area is 143 Å². The fraction of sp³-hybridized carbons (Fsp3) is 0.556. The first-order chi connectivity index (χ1) is 11.6. The molecule has 0 spiro atoms. The van der Waals surface area contributed by atoms with Gasteiger partial charge in [0.2, 0.25) is 0 Å². The molecular formula is C18H26N4O2. The SMILES string of the molecule is Cc1ccc(NC(=O)N2CCN(C(=O)N3CCCCC3)CC2)cc1. The third kappa shape index (κ3) is 3.99. The summed E-state index contributed by atoms with van der Waals surface area (Å²) in [5.74, 6) is 0. The van der Waals surface area contributed by atoms with Crippen molar-refractivity contribution in [3.05, 3.63) is 29.8 Å². The Morgan fingerprint density at radius 1 is 0.792 bits per heavy atom. The topological polar surface area (TPSA) is 55.9 Å². The van der Waals surface area contributed by atoms with Crippen LogP contribution in [0.15, 0.2) is 24.3 Å². The molecule has 6 nitrogen and oxygen atoms in total. The van der Waals surface area contributed by atoms with E-state index < -0.39 is 0 Å². The Bertz CT molecular complexity index is 573. The number of piperidine rings is 1. The molecule has 1 aromatic rings. The molecule has 2 heterocycles. The number of likely N-dealkylation sites (tertiary alicyclic amines) is 1. The van der Waals surface area contributed by atoms with E-state index in [1.54, 1.807) is 4.90 Å². The second-order valence-electron chi connectivity index (χ2n) is 6.60. The van der Waals surface area contributed by atoms with Crippen molar-refractivity contribution in [1.29, 1.82) is 0 Å². The molecule has 24 heavy (non-hydrogen) atoms. The van der Waals surface area contributed by atoms with Gasteiger partial charge in [0.25, 0.3) is 0 Å². The highest BCUT2D eigenvalue weighted by Crippen LogP contribution is 2.14. The van der Waals surface area contributed by atoms with E-state index >= 15 is 0 Å². The molecule has 0 atom stereocenters. The van der Waals surface area contributed by atoms with Gasteiger partial charge in [-0.05, 0) is 38.3 Å². The van der Waals surface area contributed by atoms with E-state index in [1.165, 1.54) is 6.42 Å². The van der Waals surface area contributed by atoms with Crippen molar-refractivity contribution >= 4 is 17.7 Å². The lowest BCUT2D eigenvalue weighted by Crippen LogP contribution is -2.55. The van der Waals surface area contributed by atoms with Crippen LogP contribution in [-0.2, 0) is 0 Å². The Balaban J connectivity index is 1.48. The van der Waals surface area contributed by atoms with Crippen LogP contribution in [-0.4, -0.2) is 66.0 Å². The van der Waals surface area contributed by atoms with Crippen molar-refractivity contribution in [2.75, 3.05) is 44.6 Å². The average molecular weight is 330 g/mol. The van der Waals surface area contributed by atoms with Crippen LogP contribution in [0.2, 0.25) is 0 Å². The van der Waals surface area contributed by atoms with Gasteiger partial charge in [0, 0.05) is 45.0 Å². The molecule has 0 aliphatic carbocycles. The van der Waals surface area contributed by atoms with Gasteiger partial charge >= 0.3 is 12.1 Å². The van der Waals surface area contributed by atoms with Gasteiger partial charge in [0.15, 0.2) is 0 Å². The summed E-state index contributed by atoms with van der Waals surface area (Å²) < 4.78 is 0. The molecule has 0 aromatic heterocycles. The number of carbonyl (C=O) groups excluding carboxylic acids is 2. The van der Waals surface area contributed by atoms with Crippen molar-refractivity contribution in [1.82, 2.24) is 14.7 Å². The van der Waals surface area contributed by atoms with Gasteiger partial charge < -0.3 is 20.0 Å². The molecule has 0 saturated carbocycles. The molecule has 0 radical (unpaired) electrons. The molecule has 2 saturated heterocycles. The molecule has 2 fully saturated rings. The minimum Gasteiger partial charge on any atom is -0.325 e. The molecular weight excluding hydrogens is 304 g/mol. The van der Waals surface area contributed by atoms with Gasteiger partial charge in [-0.3, -0.25) is 0 Å². The van der Waals surface area contributed by atoms with E-state index in [0.717, 1.165) is 37.2 Å². The van der Waals surface area contributed by atoms with Gasteiger partial charge in [-0.1, -0.05) is 17.7 Å². The summed E-state index contributed by atoms with van der Waals surface area (Å²) in [7, 11) is 0. The maximum atomic E-state index is 12.5. The number of aryl methyl sites for hydroxylation is 1. The summed E-state index contributed by atoms with van der Waals surface area (Å²) in [6, 6.07) is 7.81. The maximum absolute atomic E-state index is 12.5. The number of benzene rings is 1. The van der Waals surface area contributed by atoms with Crippen molar-refractivity contribution in [3.63, 3.8) is 0 Å². The number of hydrogen-bond donors (Lipinski definition) is 1. The predicted octanol–water partition coefficient (Wildman–Crippen LogP) is 2.75. The first-order valence-corrected chi connectivity index (χ1v) is 8.80. The quantitative estimate of drug-likeness (QED) is 0.861. The zero-order chi connectivity index (χ0) is 16.9. The average Bonchev–Trinajstić information content (AvgIpc) is 2.64. The number of hydrogen-bond acceptors (Lipinski definition) is 2. The van der Waals surface area contributed by atoms with Crippen LogP contribution in [0.3, 0.4) is 0 Å². The third-order valence-electron chi connectivity index (χ3n) is 4.77. The van der Waals surface area contributed by atoms with E-state index in [-0.39, 0.29) is 12.1 Å². The summed E-state index contributed by atoms with van der Waals surface area (Å²) in [5, 5.41) is 2.92. The standard InChI is InChI=1S/C18H26N4O2/c1-15-5-7-16(8-6-15)19-17(23)20-11-13-22(14-12-20)18(24)21-9-3-2-4-10-21/h5-8H,2-4,9-14H2,1H3,(H,19,23). The molecule has 2 aliphatic rings. The number of piperazine rings is 1. The van der Waals surface area contributed by atoms with Gasteiger partial charge in [-0.15, -0.1) is 0 Å². The Morgan fingerprint density at radius 2 is 1.33 bits per heavy atom. The molecule has 3 rings (SSSR count). The monoisotopic (exact) mass is 330 g/mol. The van der Waals surface area contributed by atoms with Crippen LogP contribution in [0.1, 0.15) is 24.8 Å². The molecule has 6 heteroatoms. The smallest absolute Gasteiger partial charge is 0.321 e. The van der Waals surface area contributed by atoms with E-state index in [4.69, 9.17) is 0 Å². The van der Waals surface area contributed by atoms with E-state index in [2.05, 4.69) is 5.32 Å². The molecule has 130 valence electrons. The maximum Gasteiger partial charge on any atom is 0.321 e. The molecule has 2 aliphatic heterocycles. The van der Waals surface area contributed by atoms with Crippen LogP contribution < -0.4 is 5.32 Å². The van der Waals surface area contributed by atoms with E-state index in [1.807, 2.05) is 41.0 Å². The van der Waals surface area contributed by atoms with E-state index in [0.29, 0.717) is 26.2 Å². The lowest BCUT2D eigenvalue weighted by atomic mass is 10.1. The van der Waals surface area contributed by atoms with Crippen molar-refractivity contribution in [2.24, 2.45) is 0 Å². The van der Waals surface area contributed by atoms with Crippen molar-refractivity contribution < 1.29 is 9.59 Å². The molecule has 1 aromatic carbocycles. The zero-order valence-electron chi connectivity index (χ0n) is 14.3. The second-order valence-corrected chi connectivity index (χ2v) is 6.60. The highest BCUT2D eigenvalue weighted by atomic mass is 16.2. The highest BCUT2D eigenvalue weighted by Gasteiger charge is 2.27. The van der Waals surface area contributed by atoms with Crippen molar-refractivity contribution in [2.45, 2.75) is 26.2 Å². The second kappa shape index (κ2) is 7.55. The number of rotatable bonds is 1. The van der Waals surface area contributed by atoms with Gasteiger partial charge in [-0.25, -0.2) is 9.59 Å². The summed E-state index contributed by atoms with van der Waals surface area (Å²) in [4.78, 5) is 30.4. The summed E-state index contributed by atoms with van der Waals surface area (Å²) >= 11 is 0. The lowest BCUT2D eigenvalue weighted by Gasteiger charge is -2.38. The van der Waals surface area contributed by atoms with Crippen LogP contribution >= 0.6 is 0 Å². The number of amides is 4. The molecule has 0 unspecified atom stereocenters. The van der Waals surface area contributed by atoms with Crippen LogP contribution in [0, 0.1) is 6.92 Å². The molecule has 1 N–H and O–H groups in total. The lowest BCUT2D eigenvalue weighted by molar-refractivity contribution is 0.116. The largest absolute Gasteiger partial charge is 0.325 e. The van der Waals surface area contributed by atoms with Crippen LogP contribution in [0.5, 0.6) is 0 Å². The predicted molar refractivity (Wildman–Crippen MR) is 94.2 cm³/mol. The number of anilines is 1. The summed E-state index contributed by atoms with van der Waals surface area (Å²) in [5.41, 5.74) is 1.97. The minimum absolute atomic E-state index is 0.0936. The van der Waals surface area contributed by atoms with Crippen LogP contribution in [0.25, 0.3) is 0 Å². The molecule has 4 amide bonds. The Hall–Kier alpha value is -2.24. The zero-order valence-corrected chi connectivity index (χ0v) is 14.3.